The number of rotatable bonds is 2. The van der Waals surface area contributed by atoms with Gasteiger partial charge in [-0.05, 0) is 35.9 Å². The van der Waals surface area contributed by atoms with Gasteiger partial charge < -0.3 is 4.57 Å². The third kappa shape index (κ3) is 2.38. The van der Waals surface area contributed by atoms with Crippen molar-refractivity contribution in [3.8, 4) is 6.07 Å². The fourth-order valence-electron chi connectivity index (χ4n) is 2.29. The van der Waals surface area contributed by atoms with Crippen LogP contribution in [-0.2, 0) is 6.54 Å². The summed E-state index contributed by atoms with van der Waals surface area (Å²) in [6.07, 6.45) is 1.98. The number of nitriles is 1. The maximum Gasteiger partial charge on any atom is 0.0991 e. The zero-order valence-corrected chi connectivity index (χ0v) is 12.0. The first kappa shape index (κ1) is 13.1. The summed E-state index contributed by atoms with van der Waals surface area (Å²) < 4.78 is 2.07. The van der Waals surface area contributed by atoms with Gasteiger partial charge in [-0.2, -0.15) is 5.26 Å². The molecule has 0 N–H and O–H groups in total. The van der Waals surface area contributed by atoms with E-state index in [1.54, 1.807) is 12.1 Å². The third-order valence-corrected chi connectivity index (χ3v) is 3.74. The van der Waals surface area contributed by atoms with E-state index in [4.69, 9.17) is 28.5 Å². The molecule has 0 amide bonds. The Labute approximate surface area is 126 Å². The van der Waals surface area contributed by atoms with Gasteiger partial charge in [-0.15, -0.1) is 0 Å². The second-order valence-corrected chi connectivity index (χ2v) is 5.42. The van der Waals surface area contributed by atoms with Crippen LogP contribution in [0.25, 0.3) is 10.9 Å². The first-order valence-corrected chi connectivity index (χ1v) is 6.86. The minimum Gasteiger partial charge on any atom is -0.343 e. The minimum absolute atomic E-state index is 0.619. The SMILES string of the molecule is N#Cc1cccc(Cn2ccc3c(Cl)cc(Cl)cc32)c1. The van der Waals surface area contributed by atoms with Crippen molar-refractivity contribution in [1.29, 1.82) is 5.26 Å². The van der Waals surface area contributed by atoms with Crippen LogP contribution >= 0.6 is 23.2 Å². The zero-order valence-electron chi connectivity index (χ0n) is 10.5. The van der Waals surface area contributed by atoms with Gasteiger partial charge in [0, 0.05) is 23.2 Å². The van der Waals surface area contributed by atoms with E-state index in [-0.39, 0.29) is 0 Å². The molecular formula is C16H10Cl2N2. The van der Waals surface area contributed by atoms with Crippen molar-refractivity contribution in [2.75, 3.05) is 0 Å². The van der Waals surface area contributed by atoms with E-state index in [1.165, 1.54) is 0 Å². The molecule has 0 aliphatic carbocycles. The largest absolute Gasteiger partial charge is 0.343 e. The Morgan fingerprint density at radius 1 is 1.10 bits per heavy atom. The highest BCUT2D eigenvalue weighted by Gasteiger charge is 2.07. The molecule has 0 saturated carbocycles. The van der Waals surface area contributed by atoms with Crippen LogP contribution in [0.4, 0.5) is 0 Å². The van der Waals surface area contributed by atoms with Gasteiger partial charge in [0.05, 0.1) is 22.2 Å². The molecule has 0 bridgehead atoms. The first-order chi connectivity index (χ1) is 9.67. The predicted molar refractivity (Wildman–Crippen MR) is 82.2 cm³/mol. The van der Waals surface area contributed by atoms with Crippen LogP contribution in [0.1, 0.15) is 11.1 Å². The summed E-state index contributed by atoms with van der Waals surface area (Å²) in [5, 5.41) is 11.2. The van der Waals surface area contributed by atoms with Gasteiger partial charge in [-0.3, -0.25) is 0 Å². The average molecular weight is 301 g/mol. The molecule has 0 saturated heterocycles. The summed E-state index contributed by atoms with van der Waals surface area (Å²) in [5.74, 6) is 0. The molecule has 2 nitrogen and oxygen atoms in total. The monoisotopic (exact) mass is 300 g/mol. The van der Waals surface area contributed by atoms with Gasteiger partial charge in [-0.25, -0.2) is 0 Å². The van der Waals surface area contributed by atoms with Crippen LogP contribution in [-0.4, -0.2) is 4.57 Å². The molecule has 2 aromatic carbocycles. The normalized spacial score (nSPS) is 10.7. The first-order valence-electron chi connectivity index (χ1n) is 6.10. The van der Waals surface area contributed by atoms with E-state index >= 15 is 0 Å². The third-order valence-electron chi connectivity index (χ3n) is 3.21. The van der Waals surface area contributed by atoms with Crippen LogP contribution in [0.3, 0.4) is 0 Å². The van der Waals surface area contributed by atoms with Crippen LogP contribution in [0.5, 0.6) is 0 Å². The molecule has 0 atom stereocenters. The lowest BCUT2D eigenvalue weighted by Gasteiger charge is -2.07. The van der Waals surface area contributed by atoms with Crippen molar-refractivity contribution >= 4 is 34.1 Å². The molecule has 0 fully saturated rings. The second-order valence-electron chi connectivity index (χ2n) is 4.58. The van der Waals surface area contributed by atoms with Crippen molar-refractivity contribution in [2.45, 2.75) is 6.54 Å². The number of fused-ring (bicyclic) bond motifs is 1. The summed E-state index contributed by atoms with van der Waals surface area (Å²) in [6.45, 7) is 0.676. The maximum atomic E-state index is 8.94. The minimum atomic E-state index is 0.619. The molecule has 1 aromatic heterocycles. The molecule has 4 heteroatoms. The Morgan fingerprint density at radius 3 is 2.75 bits per heavy atom. The Bertz CT molecular complexity index is 828. The fraction of sp³-hybridized carbons (Fsp3) is 0.0625. The van der Waals surface area contributed by atoms with E-state index in [1.807, 2.05) is 36.5 Å². The molecule has 0 spiro atoms. The number of hydrogen-bond acceptors (Lipinski definition) is 1. The van der Waals surface area contributed by atoms with E-state index < -0.39 is 0 Å². The van der Waals surface area contributed by atoms with Gasteiger partial charge in [-0.1, -0.05) is 35.3 Å². The quantitative estimate of drug-likeness (QED) is 0.664. The summed E-state index contributed by atoms with van der Waals surface area (Å²) in [4.78, 5) is 0. The fourth-order valence-corrected chi connectivity index (χ4v) is 2.84. The van der Waals surface area contributed by atoms with Crippen molar-refractivity contribution < 1.29 is 0 Å². The lowest BCUT2D eigenvalue weighted by molar-refractivity contribution is 0.836. The summed E-state index contributed by atoms with van der Waals surface area (Å²) in [6, 6.07) is 15.3. The molecule has 98 valence electrons. The Kier molecular flexibility index (Phi) is 3.40. The molecule has 1 heterocycles. The van der Waals surface area contributed by atoms with Crippen molar-refractivity contribution in [3.63, 3.8) is 0 Å². The summed E-state index contributed by atoms with van der Waals surface area (Å²) in [5.41, 5.74) is 2.72. The van der Waals surface area contributed by atoms with Crippen LogP contribution in [0.15, 0.2) is 48.7 Å². The topological polar surface area (TPSA) is 28.7 Å². The Morgan fingerprint density at radius 2 is 1.95 bits per heavy atom. The maximum absolute atomic E-state index is 8.94. The lowest BCUT2D eigenvalue weighted by atomic mass is 10.1. The number of benzene rings is 2. The van der Waals surface area contributed by atoms with Crippen molar-refractivity contribution in [3.05, 3.63) is 69.8 Å². The van der Waals surface area contributed by atoms with Gasteiger partial charge in [0.15, 0.2) is 0 Å². The number of nitrogens with zero attached hydrogens (tertiary/aromatic N) is 2. The molecule has 3 rings (SSSR count). The number of aromatic nitrogens is 1. The molecule has 3 aromatic rings. The van der Waals surface area contributed by atoms with E-state index in [2.05, 4.69) is 10.6 Å². The summed E-state index contributed by atoms with van der Waals surface area (Å²) >= 11 is 12.2. The van der Waals surface area contributed by atoms with Gasteiger partial charge >= 0.3 is 0 Å². The average Bonchev–Trinajstić information content (AvgIpc) is 2.82. The molecule has 0 aliphatic rings. The molecule has 0 aliphatic heterocycles. The van der Waals surface area contributed by atoms with Crippen LogP contribution < -0.4 is 0 Å². The van der Waals surface area contributed by atoms with Crippen molar-refractivity contribution in [2.24, 2.45) is 0 Å². The van der Waals surface area contributed by atoms with Gasteiger partial charge in [0.25, 0.3) is 0 Å². The van der Waals surface area contributed by atoms with Crippen LogP contribution in [0.2, 0.25) is 10.0 Å². The lowest BCUT2D eigenvalue weighted by Crippen LogP contribution is -1.98. The second kappa shape index (κ2) is 5.20. The standard InChI is InChI=1S/C16H10Cl2N2/c17-13-7-15(18)14-4-5-20(16(14)8-13)10-12-3-1-2-11(6-12)9-19/h1-8H,10H2. The number of hydrogen-bond donors (Lipinski definition) is 0. The highest BCUT2D eigenvalue weighted by atomic mass is 35.5. The smallest absolute Gasteiger partial charge is 0.0991 e. The van der Waals surface area contributed by atoms with Crippen molar-refractivity contribution in [1.82, 2.24) is 4.57 Å². The molecule has 20 heavy (non-hydrogen) atoms. The molecule has 0 radical (unpaired) electrons. The zero-order chi connectivity index (χ0) is 14.1. The molecular weight excluding hydrogens is 291 g/mol. The van der Waals surface area contributed by atoms with Gasteiger partial charge in [0.1, 0.15) is 0 Å². The van der Waals surface area contributed by atoms with E-state index in [0.717, 1.165) is 16.5 Å². The van der Waals surface area contributed by atoms with E-state index in [9.17, 15) is 0 Å². The Balaban J connectivity index is 2.05. The highest BCUT2D eigenvalue weighted by Crippen LogP contribution is 2.29. The predicted octanol–water partition coefficient (Wildman–Crippen LogP) is 4.87. The summed E-state index contributed by atoms with van der Waals surface area (Å²) in [7, 11) is 0. The van der Waals surface area contributed by atoms with Crippen LogP contribution in [0, 0.1) is 11.3 Å². The van der Waals surface area contributed by atoms with E-state index in [0.29, 0.717) is 22.2 Å². The Hall–Kier alpha value is -1.95. The molecule has 0 unspecified atom stereocenters. The number of halogens is 2. The van der Waals surface area contributed by atoms with Gasteiger partial charge in [0.2, 0.25) is 0 Å². The highest BCUT2D eigenvalue weighted by molar-refractivity contribution is 6.38.